The van der Waals surface area contributed by atoms with Gasteiger partial charge in [-0.15, -0.1) is 11.8 Å². The van der Waals surface area contributed by atoms with Gasteiger partial charge in [0.2, 0.25) is 5.91 Å². The highest BCUT2D eigenvalue weighted by atomic mass is 32.2. The smallest absolute Gasteiger partial charge is 0.235 e. The van der Waals surface area contributed by atoms with E-state index in [0.29, 0.717) is 5.25 Å². The van der Waals surface area contributed by atoms with E-state index in [4.69, 9.17) is 5.41 Å². The quantitative estimate of drug-likeness (QED) is 0.880. The molecule has 3 atom stereocenters. The first kappa shape index (κ1) is 15.7. The predicted octanol–water partition coefficient (Wildman–Crippen LogP) is 1.87. The van der Waals surface area contributed by atoms with Gasteiger partial charge in [0.1, 0.15) is 0 Å². The standard InChI is InChI=1S/C18H22N4OS/c1-21-16(23)14-11-22(10-13-6-3-2-4-7-13)12-18(14,20-17(21)19)15-8-5-9-24-15/h2-7,9,14-15H,8,10-12H2,1H3,(H2,19,20). The first-order valence-electron chi connectivity index (χ1n) is 8.31. The molecule has 0 bridgehead atoms. The third-order valence-corrected chi connectivity index (χ3v) is 6.67. The van der Waals surface area contributed by atoms with Crippen molar-refractivity contribution in [3.05, 3.63) is 47.4 Å². The fourth-order valence-electron chi connectivity index (χ4n) is 4.12. The van der Waals surface area contributed by atoms with E-state index >= 15 is 0 Å². The van der Waals surface area contributed by atoms with Crippen molar-refractivity contribution in [3.8, 4) is 0 Å². The van der Waals surface area contributed by atoms with E-state index < -0.39 is 0 Å². The number of carbonyl (C=O) groups is 1. The largest absolute Gasteiger partial charge is 0.347 e. The molecule has 3 aliphatic rings. The molecule has 6 heteroatoms. The minimum absolute atomic E-state index is 0.0711. The summed E-state index contributed by atoms with van der Waals surface area (Å²) in [4.78, 5) is 16.7. The average molecular weight is 342 g/mol. The molecular weight excluding hydrogens is 320 g/mol. The topological polar surface area (TPSA) is 59.4 Å². The van der Waals surface area contributed by atoms with E-state index in [-0.39, 0.29) is 23.3 Å². The van der Waals surface area contributed by atoms with Crippen molar-refractivity contribution in [2.75, 3.05) is 20.1 Å². The average Bonchev–Trinajstić information content (AvgIpc) is 3.22. The third kappa shape index (κ3) is 2.45. The fraction of sp³-hybridized carbons (Fsp3) is 0.444. The Morgan fingerprint density at radius 1 is 1.38 bits per heavy atom. The Hall–Kier alpha value is -1.79. The van der Waals surface area contributed by atoms with Crippen LogP contribution in [0.5, 0.6) is 0 Å². The molecule has 2 fully saturated rings. The van der Waals surface area contributed by atoms with Crippen LogP contribution in [0.1, 0.15) is 12.0 Å². The van der Waals surface area contributed by atoms with Crippen LogP contribution in [0, 0.1) is 11.3 Å². The number of nitrogens with one attached hydrogen (secondary N) is 2. The highest BCUT2D eigenvalue weighted by molar-refractivity contribution is 8.03. The van der Waals surface area contributed by atoms with Crippen LogP contribution >= 0.6 is 11.8 Å². The SMILES string of the molecule is CN1C(=N)NC2(C3CC=CS3)CN(Cc3ccccc3)CC2C1=O. The molecule has 126 valence electrons. The zero-order chi connectivity index (χ0) is 16.7. The molecule has 0 saturated carbocycles. The van der Waals surface area contributed by atoms with E-state index in [1.807, 2.05) is 6.07 Å². The summed E-state index contributed by atoms with van der Waals surface area (Å²) in [6, 6.07) is 10.4. The van der Waals surface area contributed by atoms with Gasteiger partial charge < -0.3 is 5.32 Å². The van der Waals surface area contributed by atoms with Gasteiger partial charge in [-0.05, 0) is 17.4 Å². The number of rotatable bonds is 3. The summed E-state index contributed by atoms with van der Waals surface area (Å²) < 4.78 is 0. The van der Waals surface area contributed by atoms with E-state index in [9.17, 15) is 4.79 Å². The molecule has 2 saturated heterocycles. The number of likely N-dealkylation sites (tertiary alicyclic amines) is 1. The van der Waals surface area contributed by atoms with Gasteiger partial charge in [0.25, 0.3) is 0 Å². The third-order valence-electron chi connectivity index (χ3n) is 5.38. The van der Waals surface area contributed by atoms with Gasteiger partial charge in [0.15, 0.2) is 5.96 Å². The molecule has 5 nitrogen and oxygen atoms in total. The molecule has 0 radical (unpaired) electrons. The Labute approximate surface area is 146 Å². The van der Waals surface area contributed by atoms with Gasteiger partial charge >= 0.3 is 0 Å². The molecule has 3 heterocycles. The predicted molar refractivity (Wildman–Crippen MR) is 96.7 cm³/mol. The Morgan fingerprint density at radius 2 is 2.17 bits per heavy atom. The summed E-state index contributed by atoms with van der Waals surface area (Å²) in [6.45, 7) is 2.39. The summed E-state index contributed by atoms with van der Waals surface area (Å²) >= 11 is 1.79. The van der Waals surface area contributed by atoms with Crippen molar-refractivity contribution in [2.24, 2.45) is 5.92 Å². The van der Waals surface area contributed by atoms with E-state index in [2.05, 4.69) is 46.0 Å². The lowest BCUT2D eigenvalue weighted by atomic mass is 9.80. The van der Waals surface area contributed by atoms with Crippen molar-refractivity contribution in [2.45, 2.75) is 23.8 Å². The Kier molecular flexibility index (Phi) is 3.89. The van der Waals surface area contributed by atoms with Crippen molar-refractivity contribution in [1.29, 1.82) is 5.41 Å². The van der Waals surface area contributed by atoms with Crippen LogP contribution in [0.4, 0.5) is 0 Å². The van der Waals surface area contributed by atoms with Crippen molar-refractivity contribution < 1.29 is 4.79 Å². The number of carbonyl (C=O) groups excluding carboxylic acids is 1. The van der Waals surface area contributed by atoms with Crippen molar-refractivity contribution in [3.63, 3.8) is 0 Å². The van der Waals surface area contributed by atoms with Crippen LogP contribution in [-0.2, 0) is 11.3 Å². The molecule has 4 rings (SSSR count). The number of fused-ring (bicyclic) bond motifs is 1. The molecule has 1 aromatic rings. The van der Waals surface area contributed by atoms with E-state index in [1.165, 1.54) is 10.5 Å². The highest BCUT2D eigenvalue weighted by Gasteiger charge is 2.58. The number of guanidine groups is 1. The summed E-state index contributed by atoms with van der Waals surface area (Å²) in [5.74, 6) is 0.199. The Morgan fingerprint density at radius 3 is 2.88 bits per heavy atom. The lowest BCUT2D eigenvalue weighted by molar-refractivity contribution is -0.133. The first-order chi connectivity index (χ1) is 11.6. The molecule has 3 unspecified atom stereocenters. The summed E-state index contributed by atoms with van der Waals surface area (Å²) in [6.07, 6.45) is 3.13. The Balaban J connectivity index is 1.62. The summed E-state index contributed by atoms with van der Waals surface area (Å²) in [5, 5.41) is 14.1. The highest BCUT2D eigenvalue weighted by Crippen LogP contribution is 2.44. The van der Waals surface area contributed by atoms with Crippen LogP contribution in [0.15, 0.2) is 41.8 Å². The maximum Gasteiger partial charge on any atom is 0.235 e. The van der Waals surface area contributed by atoms with Gasteiger partial charge in [-0.1, -0.05) is 36.4 Å². The summed E-state index contributed by atoms with van der Waals surface area (Å²) in [5.41, 5.74) is 0.920. The van der Waals surface area contributed by atoms with Gasteiger partial charge in [-0.2, -0.15) is 0 Å². The van der Waals surface area contributed by atoms with E-state index in [1.54, 1.807) is 18.8 Å². The first-order valence-corrected chi connectivity index (χ1v) is 9.25. The molecule has 1 amide bonds. The molecule has 3 aliphatic heterocycles. The zero-order valence-corrected chi connectivity index (χ0v) is 14.6. The molecule has 2 N–H and O–H groups in total. The van der Waals surface area contributed by atoms with Crippen LogP contribution in [0.25, 0.3) is 0 Å². The fourth-order valence-corrected chi connectivity index (χ4v) is 5.30. The maximum absolute atomic E-state index is 12.9. The number of benzene rings is 1. The van der Waals surface area contributed by atoms with Gasteiger partial charge in [0, 0.05) is 31.9 Å². The molecule has 0 aliphatic carbocycles. The second-order valence-electron chi connectivity index (χ2n) is 6.85. The molecule has 0 spiro atoms. The van der Waals surface area contributed by atoms with Crippen LogP contribution in [-0.4, -0.2) is 52.6 Å². The molecule has 0 aromatic heterocycles. The minimum atomic E-state index is -0.344. The second-order valence-corrected chi connectivity index (χ2v) is 7.96. The van der Waals surface area contributed by atoms with Crippen LogP contribution in [0.3, 0.4) is 0 Å². The number of hydrogen-bond acceptors (Lipinski definition) is 4. The summed E-state index contributed by atoms with van der Waals surface area (Å²) in [7, 11) is 1.70. The number of hydrogen-bond donors (Lipinski definition) is 2. The lowest BCUT2D eigenvalue weighted by Crippen LogP contribution is -2.70. The number of amides is 1. The van der Waals surface area contributed by atoms with Crippen molar-refractivity contribution in [1.82, 2.24) is 15.1 Å². The lowest BCUT2D eigenvalue weighted by Gasteiger charge is -2.46. The molecular formula is C18H22N4OS. The van der Waals surface area contributed by atoms with Crippen LogP contribution in [0.2, 0.25) is 0 Å². The van der Waals surface area contributed by atoms with Crippen LogP contribution < -0.4 is 5.32 Å². The number of allylic oxidation sites excluding steroid dienone is 1. The maximum atomic E-state index is 12.9. The normalized spacial score (nSPS) is 33.0. The van der Waals surface area contributed by atoms with Crippen molar-refractivity contribution >= 4 is 23.6 Å². The second kappa shape index (κ2) is 5.93. The zero-order valence-electron chi connectivity index (χ0n) is 13.7. The molecule has 1 aromatic carbocycles. The molecule has 24 heavy (non-hydrogen) atoms. The van der Waals surface area contributed by atoms with Gasteiger partial charge in [-0.25, -0.2) is 0 Å². The number of thioether (sulfide) groups is 1. The number of nitrogens with zero attached hydrogens (tertiary/aromatic N) is 2. The monoisotopic (exact) mass is 342 g/mol. The van der Waals surface area contributed by atoms with E-state index in [0.717, 1.165) is 26.1 Å². The Bertz CT molecular complexity index is 684. The van der Waals surface area contributed by atoms with Gasteiger partial charge in [0.05, 0.1) is 11.5 Å². The van der Waals surface area contributed by atoms with Gasteiger partial charge in [-0.3, -0.25) is 20.0 Å². The minimum Gasteiger partial charge on any atom is -0.347 e.